The van der Waals surface area contributed by atoms with Crippen molar-refractivity contribution in [3.63, 3.8) is 0 Å². The highest BCUT2D eigenvalue weighted by atomic mass is 32.2. The molecule has 2 heterocycles. The summed E-state index contributed by atoms with van der Waals surface area (Å²) in [5.74, 6) is 6.07. The molecular weight excluding hydrogens is 440 g/mol. The quantitative estimate of drug-likeness (QED) is 0.465. The molecule has 1 aromatic rings. The number of methoxy groups -OCH3 is 1. The Morgan fingerprint density at radius 2 is 1.88 bits per heavy atom. The van der Waals surface area contributed by atoms with Crippen LogP contribution in [0, 0.1) is 17.8 Å². The maximum atomic E-state index is 12.2. The number of amides is 1. The highest BCUT2D eigenvalue weighted by Gasteiger charge is 2.44. The van der Waals surface area contributed by atoms with Crippen LogP contribution in [0.4, 0.5) is 0 Å². The highest BCUT2D eigenvalue weighted by molar-refractivity contribution is 7.92. The molecule has 0 aromatic heterocycles. The van der Waals surface area contributed by atoms with Gasteiger partial charge in [-0.3, -0.25) is 14.5 Å². The van der Waals surface area contributed by atoms with E-state index in [-0.39, 0.29) is 18.2 Å². The minimum absolute atomic E-state index is 0.101. The second-order valence-corrected chi connectivity index (χ2v) is 11.4. The third kappa shape index (κ3) is 5.84. The van der Waals surface area contributed by atoms with Crippen molar-refractivity contribution < 1.29 is 22.7 Å². The van der Waals surface area contributed by atoms with E-state index < -0.39 is 20.6 Å². The van der Waals surface area contributed by atoms with Crippen molar-refractivity contribution in [3.8, 4) is 11.8 Å². The molecule has 0 radical (unpaired) electrons. The first-order valence-electron chi connectivity index (χ1n) is 11.1. The predicted octanol–water partition coefficient (Wildman–Crippen LogP) is 1.97. The number of hydrogen-bond acceptors (Lipinski definition) is 6. The van der Waals surface area contributed by atoms with Crippen LogP contribution in [0.15, 0.2) is 30.3 Å². The maximum absolute atomic E-state index is 12.2. The molecule has 33 heavy (non-hydrogen) atoms. The Kier molecular flexibility index (Phi) is 7.65. The summed E-state index contributed by atoms with van der Waals surface area (Å²) in [6.07, 6.45) is 4.28. The summed E-state index contributed by atoms with van der Waals surface area (Å²) in [4.78, 5) is 27.3. The molecule has 1 aromatic carbocycles. The Morgan fingerprint density at radius 3 is 2.39 bits per heavy atom. The summed E-state index contributed by atoms with van der Waals surface area (Å²) in [7, 11) is -2.38. The van der Waals surface area contributed by atoms with Gasteiger partial charge in [-0.2, -0.15) is 0 Å². The normalized spacial score (nSPS) is 18.9. The molecule has 7 nitrogen and oxygen atoms in total. The molecule has 3 rings (SSSR count). The fraction of sp³-hybridized carbons (Fsp3) is 0.520. The van der Waals surface area contributed by atoms with Crippen LogP contribution in [0.2, 0.25) is 0 Å². The van der Waals surface area contributed by atoms with E-state index in [4.69, 9.17) is 4.74 Å². The van der Waals surface area contributed by atoms with Gasteiger partial charge in [0.05, 0.1) is 13.0 Å². The zero-order chi connectivity index (χ0) is 24.2. The Morgan fingerprint density at radius 1 is 1.21 bits per heavy atom. The predicted molar refractivity (Wildman–Crippen MR) is 128 cm³/mol. The first-order valence-corrected chi connectivity index (χ1v) is 13.0. The maximum Gasteiger partial charge on any atom is 0.326 e. The summed E-state index contributed by atoms with van der Waals surface area (Å²) >= 11 is 0. The SMILES string of the molecule is COC(=O)C(C)(CCN1CC=C(c2ccc(C#CC3CN(C(C)=O)C3)cc2)CC1)S(C)(=O)=O. The number of esters is 1. The van der Waals surface area contributed by atoms with E-state index in [2.05, 4.69) is 34.9 Å². The number of ether oxygens (including phenoxy) is 1. The first kappa shape index (κ1) is 25.0. The summed E-state index contributed by atoms with van der Waals surface area (Å²) in [6.45, 7) is 6.44. The molecular formula is C25H32N2O5S. The molecule has 1 saturated heterocycles. The number of hydrogen-bond donors (Lipinski definition) is 0. The van der Waals surface area contributed by atoms with Gasteiger partial charge in [0, 0.05) is 51.5 Å². The summed E-state index contributed by atoms with van der Waals surface area (Å²) in [5, 5.41) is 0. The molecule has 1 atom stereocenters. The molecule has 2 aliphatic rings. The van der Waals surface area contributed by atoms with Gasteiger partial charge in [-0.1, -0.05) is 30.0 Å². The molecule has 1 amide bonds. The first-order chi connectivity index (χ1) is 15.5. The molecule has 0 aliphatic carbocycles. The van der Waals surface area contributed by atoms with Crippen LogP contribution in [0.5, 0.6) is 0 Å². The van der Waals surface area contributed by atoms with Gasteiger partial charge in [-0.25, -0.2) is 8.42 Å². The molecule has 8 heteroatoms. The Bertz CT molecular complexity index is 1090. The van der Waals surface area contributed by atoms with Crippen molar-refractivity contribution in [1.29, 1.82) is 0 Å². The number of sulfone groups is 1. The topological polar surface area (TPSA) is 84.0 Å². The number of carbonyl (C=O) groups is 2. The number of rotatable bonds is 6. The van der Waals surface area contributed by atoms with Crippen LogP contribution < -0.4 is 0 Å². The van der Waals surface area contributed by atoms with E-state index in [0.29, 0.717) is 26.2 Å². The average Bonchev–Trinajstić information content (AvgIpc) is 2.75. The Labute approximate surface area is 196 Å². The molecule has 1 unspecified atom stereocenters. The van der Waals surface area contributed by atoms with E-state index in [0.717, 1.165) is 30.3 Å². The van der Waals surface area contributed by atoms with Gasteiger partial charge in [0.25, 0.3) is 0 Å². The number of likely N-dealkylation sites (tertiary alicyclic amines) is 1. The van der Waals surface area contributed by atoms with Crippen LogP contribution in [0.25, 0.3) is 5.57 Å². The fourth-order valence-electron chi connectivity index (χ4n) is 3.98. The molecule has 1 fully saturated rings. The standard InChI is InChI=1S/C25H32N2O5S/c1-19(28)27-17-21(18-27)6-5-20-7-9-22(10-8-20)23-11-14-26(15-12-23)16-13-25(2,24(29)32-3)33(4,30)31/h7-11,21H,12-18H2,1-4H3. The largest absolute Gasteiger partial charge is 0.468 e. The molecule has 178 valence electrons. The van der Waals surface area contributed by atoms with Gasteiger partial charge in [-0.05, 0) is 43.0 Å². The minimum Gasteiger partial charge on any atom is -0.468 e. The van der Waals surface area contributed by atoms with Gasteiger partial charge in [0.1, 0.15) is 0 Å². The molecule has 0 N–H and O–H groups in total. The Hall–Kier alpha value is -2.63. The van der Waals surface area contributed by atoms with E-state index in [9.17, 15) is 18.0 Å². The fourth-order valence-corrected chi connectivity index (χ4v) is 4.83. The lowest BCUT2D eigenvalue weighted by Gasteiger charge is -2.35. The highest BCUT2D eigenvalue weighted by Crippen LogP contribution is 2.26. The van der Waals surface area contributed by atoms with Crippen molar-refractivity contribution >= 4 is 27.3 Å². The number of carbonyl (C=O) groups excluding carboxylic acids is 2. The van der Waals surface area contributed by atoms with Crippen molar-refractivity contribution in [3.05, 3.63) is 41.5 Å². The van der Waals surface area contributed by atoms with Gasteiger partial charge < -0.3 is 9.64 Å². The van der Waals surface area contributed by atoms with E-state index in [1.165, 1.54) is 19.6 Å². The van der Waals surface area contributed by atoms with Crippen LogP contribution in [-0.4, -0.2) is 80.9 Å². The third-order valence-electron chi connectivity index (χ3n) is 6.64. The zero-order valence-corrected chi connectivity index (χ0v) is 20.6. The van der Waals surface area contributed by atoms with Gasteiger partial charge >= 0.3 is 5.97 Å². The van der Waals surface area contributed by atoms with Crippen LogP contribution >= 0.6 is 0 Å². The summed E-state index contributed by atoms with van der Waals surface area (Å²) in [5.41, 5.74) is 3.36. The number of nitrogens with zero attached hydrogens (tertiary/aromatic N) is 2. The van der Waals surface area contributed by atoms with E-state index in [1.54, 1.807) is 11.8 Å². The molecule has 0 spiro atoms. The van der Waals surface area contributed by atoms with E-state index in [1.807, 2.05) is 12.1 Å². The molecule has 0 bridgehead atoms. The third-order valence-corrected chi connectivity index (χ3v) is 8.64. The second-order valence-electron chi connectivity index (χ2n) is 8.99. The monoisotopic (exact) mass is 472 g/mol. The van der Waals surface area contributed by atoms with Crippen LogP contribution in [-0.2, 0) is 24.2 Å². The smallest absolute Gasteiger partial charge is 0.326 e. The van der Waals surface area contributed by atoms with Crippen molar-refractivity contribution in [2.24, 2.45) is 5.92 Å². The summed E-state index contributed by atoms with van der Waals surface area (Å²) < 4.78 is 27.6. The van der Waals surface area contributed by atoms with Crippen molar-refractivity contribution in [1.82, 2.24) is 9.80 Å². The van der Waals surface area contributed by atoms with E-state index >= 15 is 0 Å². The van der Waals surface area contributed by atoms with Gasteiger partial charge in [0.2, 0.25) is 5.91 Å². The van der Waals surface area contributed by atoms with Gasteiger partial charge in [0.15, 0.2) is 14.6 Å². The average molecular weight is 473 g/mol. The van der Waals surface area contributed by atoms with Crippen LogP contribution in [0.3, 0.4) is 0 Å². The van der Waals surface area contributed by atoms with Crippen LogP contribution in [0.1, 0.15) is 37.8 Å². The lowest BCUT2D eigenvalue weighted by Crippen LogP contribution is -2.48. The number of benzene rings is 1. The lowest BCUT2D eigenvalue weighted by molar-refractivity contribution is -0.143. The minimum atomic E-state index is -3.59. The zero-order valence-electron chi connectivity index (χ0n) is 19.8. The molecule has 2 aliphatic heterocycles. The molecule has 0 saturated carbocycles. The second kappa shape index (κ2) is 10.1. The van der Waals surface area contributed by atoms with Crippen molar-refractivity contribution in [2.45, 2.75) is 31.4 Å². The summed E-state index contributed by atoms with van der Waals surface area (Å²) in [6, 6.07) is 8.19. The van der Waals surface area contributed by atoms with Gasteiger partial charge in [-0.15, -0.1) is 0 Å². The Balaban J connectivity index is 1.55. The lowest BCUT2D eigenvalue weighted by atomic mass is 9.97. The van der Waals surface area contributed by atoms with Crippen molar-refractivity contribution in [2.75, 3.05) is 46.1 Å².